The van der Waals surface area contributed by atoms with Crippen molar-refractivity contribution < 1.29 is 8.91 Å². The first-order chi connectivity index (χ1) is 17.5. The first kappa shape index (κ1) is 23.3. The largest absolute Gasteiger partial charge is 0.356 e. The Kier molecular flexibility index (Phi) is 6.11. The van der Waals surface area contributed by atoms with E-state index >= 15 is 0 Å². The van der Waals surface area contributed by atoms with Crippen LogP contribution in [0.25, 0.3) is 27.2 Å². The van der Waals surface area contributed by atoms with Gasteiger partial charge in [0.15, 0.2) is 10.5 Å². The molecule has 0 spiro atoms. The number of rotatable bonds is 5. The van der Waals surface area contributed by atoms with Gasteiger partial charge in [-0.15, -0.1) is 11.3 Å². The van der Waals surface area contributed by atoms with Gasteiger partial charge in [0.1, 0.15) is 5.82 Å². The fourth-order valence-corrected chi connectivity index (χ4v) is 6.18. The summed E-state index contributed by atoms with van der Waals surface area (Å²) in [5, 5.41) is 7.78. The van der Waals surface area contributed by atoms with Gasteiger partial charge in [-0.2, -0.15) is 0 Å². The molecule has 4 heterocycles. The van der Waals surface area contributed by atoms with Gasteiger partial charge in [0, 0.05) is 45.6 Å². The third-order valence-electron chi connectivity index (χ3n) is 7.12. The lowest BCUT2D eigenvalue weighted by Gasteiger charge is -2.31. The molecular formula is C27H24ClFN4O2S. The molecule has 36 heavy (non-hydrogen) atoms. The molecule has 6 nitrogen and oxygen atoms in total. The van der Waals surface area contributed by atoms with Crippen LogP contribution in [-0.4, -0.2) is 39.1 Å². The van der Waals surface area contributed by atoms with E-state index in [1.807, 2.05) is 36.6 Å². The second kappa shape index (κ2) is 9.42. The van der Waals surface area contributed by atoms with Crippen molar-refractivity contribution in [3.8, 4) is 11.3 Å². The van der Waals surface area contributed by atoms with Crippen LogP contribution in [0.1, 0.15) is 35.7 Å². The number of hydrogen-bond acceptors (Lipinski definition) is 6. The van der Waals surface area contributed by atoms with Gasteiger partial charge in [-0.3, -0.25) is 9.20 Å². The van der Waals surface area contributed by atoms with E-state index in [-0.39, 0.29) is 17.3 Å². The molecule has 1 aliphatic heterocycles. The molecule has 1 fully saturated rings. The lowest BCUT2D eigenvalue weighted by atomic mass is 9.91. The fraction of sp³-hybridized carbons (Fsp3) is 0.296. The Hall–Kier alpha value is -3.07. The number of hydrogen-bond donors (Lipinski definition) is 0. The van der Waals surface area contributed by atoms with Crippen molar-refractivity contribution in [3.05, 3.63) is 86.0 Å². The number of halogens is 2. The molecule has 2 aromatic carbocycles. The van der Waals surface area contributed by atoms with Crippen LogP contribution in [0.2, 0.25) is 5.02 Å². The van der Waals surface area contributed by atoms with Gasteiger partial charge in [0.25, 0.3) is 5.56 Å². The summed E-state index contributed by atoms with van der Waals surface area (Å²) >= 11 is 7.52. The highest BCUT2D eigenvalue weighted by molar-refractivity contribution is 7.15. The molecule has 0 radical (unpaired) electrons. The molecule has 9 heteroatoms. The fourth-order valence-electron chi connectivity index (χ4n) is 5.12. The Morgan fingerprint density at radius 3 is 2.72 bits per heavy atom. The number of piperidine rings is 1. The first-order valence-corrected chi connectivity index (χ1v) is 13.3. The average molecular weight is 523 g/mol. The number of fused-ring (bicyclic) bond motifs is 2. The van der Waals surface area contributed by atoms with Gasteiger partial charge >= 0.3 is 0 Å². The average Bonchev–Trinajstić information content (AvgIpc) is 3.49. The molecule has 1 aliphatic rings. The van der Waals surface area contributed by atoms with E-state index in [1.165, 1.54) is 23.5 Å². The predicted octanol–water partition coefficient (Wildman–Crippen LogP) is 6.09. The summed E-state index contributed by atoms with van der Waals surface area (Å²) in [6, 6.07) is 12.1. The third-order valence-corrected chi connectivity index (χ3v) is 8.20. The van der Waals surface area contributed by atoms with Gasteiger partial charge in [-0.25, -0.2) is 9.37 Å². The molecule has 1 saturated heterocycles. The second-order valence-electron chi connectivity index (χ2n) is 9.30. The van der Waals surface area contributed by atoms with Crippen molar-refractivity contribution in [2.75, 3.05) is 19.6 Å². The van der Waals surface area contributed by atoms with Crippen LogP contribution in [0.15, 0.2) is 57.2 Å². The lowest BCUT2D eigenvalue weighted by molar-refractivity contribution is 0.211. The number of aryl methyl sites for hydroxylation is 1. The van der Waals surface area contributed by atoms with E-state index < -0.39 is 0 Å². The highest BCUT2D eigenvalue weighted by Crippen LogP contribution is 2.33. The zero-order valence-corrected chi connectivity index (χ0v) is 21.3. The highest BCUT2D eigenvalue weighted by Gasteiger charge is 2.25. The predicted molar refractivity (Wildman–Crippen MR) is 141 cm³/mol. The maximum atomic E-state index is 13.5. The van der Waals surface area contributed by atoms with Crippen LogP contribution in [0, 0.1) is 12.7 Å². The van der Waals surface area contributed by atoms with E-state index in [1.54, 1.807) is 10.5 Å². The summed E-state index contributed by atoms with van der Waals surface area (Å²) in [7, 11) is 0. The summed E-state index contributed by atoms with van der Waals surface area (Å²) in [5.41, 5.74) is 4.74. The zero-order chi connectivity index (χ0) is 24.8. The molecule has 5 aromatic rings. The zero-order valence-electron chi connectivity index (χ0n) is 19.7. The van der Waals surface area contributed by atoms with Gasteiger partial charge in [-0.1, -0.05) is 28.9 Å². The number of aromatic nitrogens is 3. The van der Waals surface area contributed by atoms with E-state index in [2.05, 4.69) is 10.1 Å². The van der Waals surface area contributed by atoms with Crippen molar-refractivity contribution in [2.45, 2.75) is 32.1 Å². The molecule has 0 atom stereocenters. The smallest absolute Gasteiger partial charge is 0.262 e. The maximum Gasteiger partial charge on any atom is 0.262 e. The summed E-state index contributed by atoms with van der Waals surface area (Å²) in [4.78, 5) is 21.4. The van der Waals surface area contributed by atoms with Crippen molar-refractivity contribution in [2.24, 2.45) is 0 Å². The summed E-state index contributed by atoms with van der Waals surface area (Å²) in [6.45, 7) is 4.53. The molecule has 3 aromatic heterocycles. The van der Waals surface area contributed by atoms with Crippen LogP contribution in [-0.2, 0) is 6.42 Å². The molecule has 0 unspecified atom stereocenters. The minimum atomic E-state index is -0.318. The molecule has 0 amide bonds. The van der Waals surface area contributed by atoms with E-state index in [0.29, 0.717) is 22.0 Å². The van der Waals surface area contributed by atoms with Gasteiger partial charge in [0.2, 0.25) is 0 Å². The summed E-state index contributed by atoms with van der Waals surface area (Å²) in [6.07, 6.45) is 2.53. The van der Waals surface area contributed by atoms with Gasteiger partial charge in [0.05, 0.1) is 11.4 Å². The van der Waals surface area contributed by atoms with Gasteiger partial charge in [-0.05, 0) is 69.1 Å². The molecule has 6 rings (SSSR count). The molecule has 0 saturated carbocycles. The minimum Gasteiger partial charge on any atom is -0.356 e. The topological polar surface area (TPSA) is 63.6 Å². The molecule has 0 N–H and O–H groups in total. The van der Waals surface area contributed by atoms with Gasteiger partial charge < -0.3 is 9.42 Å². The van der Waals surface area contributed by atoms with E-state index in [9.17, 15) is 9.18 Å². The third kappa shape index (κ3) is 4.23. The number of benzene rings is 2. The van der Waals surface area contributed by atoms with E-state index in [4.69, 9.17) is 21.1 Å². The minimum absolute atomic E-state index is 0.000106. The second-order valence-corrected chi connectivity index (χ2v) is 10.6. The van der Waals surface area contributed by atoms with E-state index in [0.717, 1.165) is 66.1 Å². The molecule has 0 bridgehead atoms. The number of thiazole rings is 1. The Morgan fingerprint density at radius 1 is 1.17 bits per heavy atom. The van der Waals surface area contributed by atoms with Crippen LogP contribution >= 0.6 is 22.9 Å². The van der Waals surface area contributed by atoms with Crippen molar-refractivity contribution >= 4 is 38.9 Å². The van der Waals surface area contributed by atoms with Crippen LogP contribution in [0.4, 0.5) is 4.39 Å². The Balaban J connectivity index is 1.17. The maximum absolute atomic E-state index is 13.5. The lowest BCUT2D eigenvalue weighted by Crippen LogP contribution is -2.35. The summed E-state index contributed by atoms with van der Waals surface area (Å²) in [5.74, 6) is -0.0345. The monoisotopic (exact) mass is 522 g/mol. The van der Waals surface area contributed by atoms with Crippen molar-refractivity contribution in [1.29, 1.82) is 0 Å². The SMILES string of the molecule is Cc1nc2scc(-c3ccc(Cl)cc3)n2c(=O)c1CCN1CCC(c2noc3cc(F)ccc23)CC1. The highest BCUT2D eigenvalue weighted by atomic mass is 35.5. The van der Waals surface area contributed by atoms with Crippen molar-refractivity contribution in [3.63, 3.8) is 0 Å². The quantitative estimate of drug-likeness (QED) is 0.279. The number of nitrogens with zero attached hydrogens (tertiary/aromatic N) is 4. The Morgan fingerprint density at radius 2 is 1.94 bits per heavy atom. The van der Waals surface area contributed by atoms with Crippen LogP contribution in [0.3, 0.4) is 0 Å². The molecule has 184 valence electrons. The molecular weight excluding hydrogens is 499 g/mol. The normalized spacial score (nSPS) is 15.3. The standard InChI is InChI=1S/C27H24ClFN4O2S/c1-16-21(26(34)33-23(15-36-27(33)30-16)17-2-4-19(28)5-3-17)10-13-32-11-8-18(9-12-32)25-22-7-6-20(29)14-24(22)35-31-25/h2-7,14-15,18H,8-13H2,1H3. The van der Waals surface area contributed by atoms with Crippen LogP contribution < -0.4 is 5.56 Å². The molecule has 0 aliphatic carbocycles. The summed E-state index contributed by atoms with van der Waals surface area (Å²) < 4.78 is 20.6. The van der Waals surface area contributed by atoms with Crippen molar-refractivity contribution in [1.82, 2.24) is 19.4 Å². The first-order valence-electron chi connectivity index (χ1n) is 12.0. The Bertz CT molecular complexity index is 1620. The number of likely N-dealkylation sites (tertiary alicyclic amines) is 1. The van der Waals surface area contributed by atoms with Crippen LogP contribution in [0.5, 0.6) is 0 Å². The Labute approximate surface area is 215 Å².